The summed E-state index contributed by atoms with van der Waals surface area (Å²) in [5.74, 6) is -1.40. The smallest absolute Gasteiger partial charge is 0.283 e. The molecule has 2 aromatic carbocycles. The molecular weight excluding hydrogens is 511 g/mol. The minimum absolute atomic E-state index is 0.209. The number of para-hydroxylation sites is 1. The second-order valence-electron chi connectivity index (χ2n) is 9.52. The van der Waals surface area contributed by atoms with Crippen molar-refractivity contribution in [3.05, 3.63) is 66.8 Å². The molecule has 10 nitrogen and oxygen atoms in total. The largest absolute Gasteiger partial charge is 0.494 e. The average molecular weight is 543 g/mol. The number of carbonyl (C=O) groups is 1. The van der Waals surface area contributed by atoms with Crippen LogP contribution in [-0.4, -0.2) is 66.7 Å². The monoisotopic (exact) mass is 542 g/mol. The summed E-state index contributed by atoms with van der Waals surface area (Å²) < 4.78 is 21.3. The number of likely N-dealkylation sites (N-methyl/N-ethyl adjacent to an activating group) is 2. The third kappa shape index (κ3) is 5.87. The molecule has 0 saturated carbocycles. The van der Waals surface area contributed by atoms with Crippen LogP contribution in [0.2, 0.25) is 0 Å². The van der Waals surface area contributed by atoms with Gasteiger partial charge in [0.15, 0.2) is 5.83 Å². The Morgan fingerprint density at radius 2 is 1.95 bits per heavy atom. The van der Waals surface area contributed by atoms with Gasteiger partial charge in [0.25, 0.3) is 5.91 Å². The Balaban J connectivity index is 1.78. The first-order chi connectivity index (χ1) is 19.1. The Kier molecular flexibility index (Phi) is 8.31. The van der Waals surface area contributed by atoms with Crippen LogP contribution in [-0.2, 0) is 11.8 Å². The maximum Gasteiger partial charge on any atom is 0.283 e. The molecule has 0 aliphatic carbocycles. The fourth-order valence-electron chi connectivity index (χ4n) is 4.29. The molecule has 2 heterocycles. The van der Waals surface area contributed by atoms with E-state index in [1.807, 2.05) is 73.0 Å². The lowest BCUT2D eigenvalue weighted by atomic mass is 10.1. The number of rotatable bonds is 10. The van der Waals surface area contributed by atoms with Gasteiger partial charge in [-0.2, -0.15) is 5.26 Å². The van der Waals surface area contributed by atoms with Crippen molar-refractivity contribution in [2.75, 3.05) is 56.9 Å². The highest BCUT2D eigenvalue weighted by atomic mass is 19.1. The number of aromatic nitrogens is 3. The SMILES string of the molecule is C=C(F)C(=O)Nc1cc(Nc2ncc(C#N)c(-c3cn(C)c4ccccc34)n2)c(OC)cc1N(C)CCN(C)C. The highest BCUT2D eigenvalue weighted by Crippen LogP contribution is 2.38. The number of hydrogen-bond acceptors (Lipinski definition) is 8. The van der Waals surface area contributed by atoms with Crippen molar-refractivity contribution in [1.29, 1.82) is 5.26 Å². The Morgan fingerprint density at radius 1 is 1.20 bits per heavy atom. The number of nitriles is 1. The summed E-state index contributed by atoms with van der Waals surface area (Å²) in [4.78, 5) is 25.2. The number of nitrogens with one attached hydrogen (secondary N) is 2. The molecule has 0 bridgehead atoms. The average Bonchev–Trinajstić information content (AvgIpc) is 3.28. The molecule has 11 heteroatoms. The zero-order chi connectivity index (χ0) is 29.0. The molecule has 40 heavy (non-hydrogen) atoms. The van der Waals surface area contributed by atoms with E-state index in [2.05, 4.69) is 33.2 Å². The maximum atomic E-state index is 13.6. The number of carbonyl (C=O) groups excluding carboxylic acids is 1. The minimum atomic E-state index is -1.11. The second kappa shape index (κ2) is 11.8. The fourth-order valence-corrected chi connectivity index (χ4v) is 4.29. The summed E-state index contributed by atoms with van der Waals surface area (Å²) >= 11 is 0. The van der Waals surface area contributed by atoms with E-state index in [9.17, 15) is 14.4 Å². The quantitative estimate of drug-likeness (QED) is 0.278. The van der Waals surface area contributed by atoms with Crippen molar-refractivity contribution >= 4 is 39.8 Å². The highest BCUT2D eigenvalue weighted by Gasteiger charge is 2.20. The van der Waals surface area contributed by atoms with Gasteiger partial charge < -0.3 is 29.7 Å². The van der Waals surface area contributed by atoms with Crippen molar-refractivity contribution < 1.29 is 13.9 Å². The molecule has 0 atom stereocenters. The zero-order valence-electron chi connectivity index (χ0n) is 23.1. The molecule has 0 unspecified atom stereocenters. The van der Waals surface area contributed by atoms with E-state index in [1.165, 1.54) is 13.3 Å². The summed E-state index contributed by atoms with van der Waals surface area (Å²) in [5, 5.41) is 16.5. The number of anilines is 4. The number of ether oxygens (including phenoxy) is 1. The van der Waals surface area contributed by atoms with Crippen LogP contribution in [0.3, 0.4) is 0 Å². The molecule has 4 aromatic rings. The Labute approximate surface area is 232 Å². The molecule has 2 N–H and O–H groups in total. The predicted molar refractivity (Wildman–Crippen MR) is 156 cm³/mol. The van der Waals surface area contributed by atoms with Crippen molar-refractivity contribution in [3.63, 3.8) is 0 Å². The highest BCUT2D eigenvalue weighted by molar-refractivity contribution is 6.04. The Morgan fingerprint density at radius 3 is 2.62 bits per heavy atom. The number of halogens is 1. The summed E-state index contributed by atoms with van der Waals surface area (Å²) in [6, 6.07) is 13.4. The van der Waals surface area contributed by atoms with E-state index in [0.29, 0.717) is 40.6 Å². The fraction of sp³-hybridized carbons (Fsp3) is 0.241. The first-order valence-electron chi connectivity index (χ1n) is 12.4. The van der Waals surface area contributed by atoms with Gasteiger partial charge in [0, 0.05) is 55.9 Å². The molecule has 0 radical (unpaired) electrons. The molecule has 0 saturated heterocycles. The number of aryl methyl sites for hydroxylation is 1. The molecule has 0 aliphatic rings. The van der Waals surface area contributed by atoms with E-state index < -0.39 is 11.7 Å². The summed E-state index contributed by atoms with van der Waals surface area (Å²) in [7, 11) is 9.24. The van der Waals surface area contributed by atoms with Crippen LogP contribution in [0.15, 0.2) is 61.2 Å². The van der Waals surface area contributed by atoms with Crippen LogP contribution in [0.1, 0.15) is 5.56 Å². The molecule has 0 fully saturated rings. The third-order valence-corrected chi connectivity index (χ3v) is 6.41. The first kappa shape index (κ1) is 28.1. The van der Waals surface area contributed by atoms with E-state index in [4.69, 9.17) is 4.74 Å². The zero-order valence-corrected chi connectivity index (χ0v) is 23.1. The van der Waals surface area contributed by atoms with Crippen LogP contribution in [0.5, 0.6) is 5.75 Å². The third-order valence-electron chi connectivity index (χ3n) is 6.41. The van der Waals surface area contributed by atoms with Crippen LogP contribution >= 0.6 is 0 Å². The molecule has 1 amide bonds. The molecule has 0 aliphatic heterocycles. The normalized spacial score (nSPS) is 10.8. The molecule has 4 rings (SSSR count). The topological polar surface area (TPSA) is 111 Å². The Bertz CT molecular complexity index is 1620. The number of fused-ring (bicyclic) bond motifs is 1. The lowest BCUT2D eigenvalue weighted by Crippen LogP contribution is -2.29. The minimum Gasteiger partial charge on any atom is -0.494 e. The number of methoxy groups -OCH3 is 1. The summed E-state index contributed by atoms with van der Waals surface area (Å²) in [6.07, 6.45) is 3.38. The van der Waals surface area contributed by atoms with E-state index in [0.717, 1.165) is 23.0 Å². The predicted octanol–water partition coefficient (Wildman–Crippen LogP) is 4.68. The van der Waals surface area contributed by atoms with Gasteiger partial charge in [-0.25, -0.2) is 14.4 Å². The second-order valence-corrected chi connectivity index (χ2v) is 9.52. The van der Waals surface area contributed by atoms with Gasteiger partial charge in [0.05, 0.1) is 41.6 Å². The van der Waals surface area contributed by atoms with Crippen LogP contribution < -0.4 is 20.3 Å². The van der Waals surface area contributed by atoms with Crippen molar-refractivity contribution in [3.8, 4) is 23.1 Å². The van der Waals surface area contributed by atoms with E-state index in [1.54, 1.807) is 12.1 Å². The van der Waals surface area contributed by atoms with Crippen molar-refractivity contribution in [1.82, 2.24) is 19.4 Å². The van der Waals surface area contributed by atoms with Gasteiger partial charge in [-0.05, 0) is 26.2 Å². The van der Waals surface area contributed by atoms with Crippen molar-refractivity contribution in [2.24, 2.45) is 7.05 Å². The number of hydrogen-bond donors (Lipinski definition) is 2. The summed E-state index contributed by atoms with van der Waals surface area (Å²) in [6.45, 7) is 4.48. The van der Waals surface area contributed by atoms with Gasteiger partial charge in [-0.1, -0.05) is 24.8 Å². The summed E-state index contributed by atoms with van der Waals surface area (Å²) in [5.41, 5.74) is 3.98. The van der Waals surface area contributed by atoms with Gasteiger partial charge in [0.2, 0.25) is 5.95 Å². The van der Waals surface area contributed by atoms with E-state index in [-0.39, 0.29) is 5.95 Å². The van der Waals surface area contributed by atoms with Gasteiger partial charge in [0.1, 0.15) is 11.8 Å². The molecule has 206 valence electrons. The molecule has 0 spiro atoms. The lowest BCUT2D eigenvalue weighted by Gasteiger charge is -2.26. The van der Waals surface area contributed by atoms with Crippen molar-refractivity contribution in [2.45, 2.75) is 0 Å². The Hall–Kier alpha value is -4.95. The van der Waals surface area contributed by atoms with E-state index >= 15 is 0 Å². The molecular formula is C29H31FN8O2. The lowest BCUT2D eigenvalue weighted by molar-refractivity contribution is -0.114. The molecule has 2 aromatic heterocycles. The van der Waals surface area contributed by atoms with Gasteiger partial charge >= 0.3 is 0 Å². The number of nitrogens with zero attached hydrogens (tertiary/aromatic N) is 6. The standard InChI is InChI=1S/C29H31FN8O2/c1-18(30)28(39)33-22-13-23(26(40-6)14-25(22)37(4)12-11-36(2)3)34-29-32-16-19(15-31)27(35-29)21-17-38(5)24-10-8-7-9-20(21)24/h7-10,13-14,16-17H,1,11-12H2,2-6H3,(H,33,39)(H,32,34,35). The van der Waals surface area contributed by atoms with Crippen LogP contribution in [0, 0.1) is 11.3 Å². The number of benzene rings is 2. The number of amides is 1. The van der Waals surface area contributed by atoms with Gasteiger partial charge in [-0.3, -0.25) is 4.79 Å². The van der Waals surface area contributed by atoms with Crippen LogP contribution in [0.25, 0.3) is 22.2 Å². The maximum absolute atomic E-state index is 13.6. The van der Waals surface area contributed by atoms with Crippen LogP contribution in [0.4, 0.5) is 27.4 Å². The first-order valence-corrected chi connectivity index (χ1v) is 12.4. The van der Waals surface area contributed by atoms with Gasteiger partial charge in [-0.15, -0.1) is 0 Å².